The molecular formula is C16H26FNS. The molecule has 1 N–H and O–H groups in total. The Morgan fingerprint density at radius 2 is 1.95 bits per heavy atom. The molecule has 0 spiro atoms. The van der Waals surface area contributed by atoms with Crippen LogP contribution in [0.25, 0.3) is 0 Å². The van der Waals surface area contributed by atoms with Crippen LogP contribution in [0.15, 0.2) is 29.2 Å². The maximum absolute atomic E-state index is 13.6. The van der Waals surface area contributed by atoms with Crippen LogP contribution in [-0.2, 0) is 0 Å². The number of hydrogen-bond acceptors (Lipinski definition) is 2. The molecule has 0 aliphatic rings. The van der Waals surface area contributed by atoms with Crippen molar-refractivity contribution in [3.63, 3.8) is 0 Å². The molecule has 3 heteroatoms. The van der Waals surface area contributed by atoms with Gasteiger partial charge in [-0.05, 0) is 37.4 Å². The summed E-state index contributed by atoms with van der Waals surface area (Å²) in [4.78, 5) is 0.759. The summed E-state index contributed by atoms with van der Waals surface area (Å²) in [6, 6.07) is 7.50. The lowest BCUT2D eigenvalue weighted by atomic mass is 9.98. The molecule has 0 aliphatic heterocycles. The van der Waals surface area contributed by atoms with Gasteiger partial charge in [-0.1, -0.05) is 39.3 Å². The van der Waals surface area contributed by atoms with Gasteiger partial charge in [-0.3, -0.25) is 0 Å². The van der Waals surface area contributed by atoms with Gasteiger partial charge >= 0.3 is 0 Å². The van der Waals surface area contributed by atoms with E-state index >= 15 is 0 Å². The quantitative estimate of drug-likeness (QED) is 0.658. The first-order valence-corrected chi connectivity index (χ1v) is 8.28. The molecule has 0 bridgehead atoms. The zero-order valence-electron chi connectivity index (χ0n) is 12.3. The van der Waals surface area contributed by atoms with E-state index in [1.807, 2.05) is 12.1 Å². The van der Waals surface area contributed by atoms with Crippen molar-refractivity contribution in [3.05, 3.63) is 30.1 Å². The molecule has 0 radical (unpaired) electrons. The zero-order valence-corrected chi connectivity index (χ0v) is 13.1. The SMILES string of the molecule is CCCNC(CSc1ccccc1F)C(C)CCC. The van der Waals surface area contributed by atoms with Crippen molar-refractivity contribution >= 4 is 11.8 Å². The predicted molar refractivity (Wildman–Crippen MR) is 83.3 cm³/mol. The summed E-state index contributed by atoms with van der Waals surface area (Å²) in [5.74, 6) is 1.46. The summed E-state index contributed by atoms with van der Waals surface area (Å²) in [6.07, 6.45) is 3.56. The summed E-state index contributed by atoms with van der Waals surface area (Å²) in [6.45, 7) is 7.73. The lowest BCUT2D eigenvalue weighted by Gasteiger charge is -2.24. The third-order valence-electron chi connectivity index (χ3n) is 3.34. The third kappa shape index (κ3) is 5.96. The van der Waals surface area contributed by atoms with Gasteiger partial charge in [0.15, 0.2) is 0 Å². The van der Waals surface area contributed by atoms with E-state index in [1.165, 1.54) is 18.9 Å². The molecule has 2 unspecified atom stereocenters. The van der Waals surface area contributed by atoms with E-state index in [2.05, 4.69) is 26.1 Å². The molecule has 0 aliphatic carbocycles. The summed E-state index contributed by atoms with van der Waals surface area (Å²) < 4.78 is 13.6. The summed E-state index contributed by atoms with van der Waals surface area (Å²) in [5, 5.41) is 3.60. The van der Waals surface area contributed by atoms with E-state index in [4.69, 9.17) is 0 Å². The van der Waals surface area contributed by atoms with Gasteiger partial charge in [-0.25, -0.2) is 4.39 Å². The Hall–Kier alpha value is -0.540. The molecule has 0 fully saturated rings. The topological polar surface area (TPSA) is 12.0 Å². The van der Waals surface area contributed by atoms with E-state index in [0.29, 0.717) is 12.0 Å². The van der Waals surface area contributed by atoms with Gasteiger partial charge in [0, 0.05) is 16.7 Å². The Morgan fingerprint density at radius 3 is 2.58 bits per heavy atom. The van der Waals surface area contributed by atoms with Crippen LogP contribution in [0.1, 0.15) is 40.0 Å². The van der Waals surface area contributed by atoms with E-state index in [1.54, 1.807) is 17.8 Å². The van der Waals surface area contributed by atoms with E-state index < -0.39 is 0 Å². The molecule has 0 amide bonds. The second-order valence-corrected chi connectivity index (χ2v) is 6.13. The van der Waals surface area contributed by atoms with Crippen molar-refractivity contribution in [2.45, 2.75) is 51.0 Å². The van der Waals surface area contributed by atoms with Crippen molar-refractivity contribution in [1.29, 1.82) is 0 Å². The smallest absolute Gasteiger partial charge is 0.136 e. The van der Waals surface area contributed by atoms with Gasteiger partial charge in [0.25, 0.3) is 0 Å². The van der Waals surface area contributed by atoms with Crippen LogP contribution < -0.4 is 5.32 Å². The average molecular weight is 283 g/mol. The highest BCUT2D eigenvalue weighted by molar-refractivity contribution is 7.99. The maximum atomic E-state index is 13.6. The number of rotatable bonds is 9. The Balaban J connectivity index is 2.54. The summed E-state index contributed by atoms with van der Waals surface area (Å²) in [5.41, 5.74) is 0. The Bertz CT molecular complexity index is 356. The van der Waals surface area contributed by atoms with Gasteiger partial charge in [-0.2, -0.15) is 0 Å². The van der Waals surface area contributed by atoms with Gasteiger partial charge in [0.1, 0.15) is 5.82 Å². The first kappa shape index (κ1) is 16.5. The Kier molecular flexibility index (Phi) is 8.15. The van der Waals surface area contributed by atoms with Crippen molar-refractivity contribution in [1.82, 2.24) is 5.32 Å². The molecule has 108 valence electrons. The summed E-state index contributed by atoms with van der Waals surface area (Å²) in [7, 11) is 0. The van der Waals surface area contributed by atoms with Crippen LogP contribution in [-0.4, -0.2) is 18.3 Å². The van der Waals surface area contributed by atoms with Crippen molar-refractivity contribution in [2.24, 2.45) is 5.92 Å². The minimum atomic E-state index is -0.107. The fraction of sp³-hybridized carbons (Fsp3) is 0.625. The lowest BCUT2D eigenvalue weighted by molar-refractivity contribution is 0.382. The number of hydrogen-bond donors (Lipinski definition) is 1. The van der Waals surface area contributed by atoms with Crippen LogP contribution in [0.3, 0.4) is 0 Å². The molecule has 19 heavy (non-hydrogen) atoms. The monoisotopic (exact) mass is 283 g/mol. The van der Waals surface area contributed by atoms with Crippen molar-refractivity contribution in [3.8, 4) is 0 Å². The number of benzene rings is 1. The van der Waals surface area contributed by atoms with E-state index in [0.717, 1.165) is 23.6 Å². The molecule has 0 heterocycles. The fourth-order valence-electron chi connectivity index (χ4n) is 2.15. The molecule has 0 saturated heterocycles. The lowest BCUT2D eigenvalue weighted by Crippen LogP contribution is -2.37. The Labute approximate surface area is 121 Å². The van der Waals surface area contributed by atoms with Gasteiger partial charge in [0.05, 0.1) is 0 Å². The third-order valence-corrected chi connectivity index (χ3v) is 4.51. The van der Waals surface area contributed by atoms with Crippen LogP contribution in [0, 0.1) is 11.7 Å². The molecule has 1 nitrogen and oxygen atoms in total. The normalized spacial score (nSPS) is 14.3. The van der Waals surface area contributed by atoms with Crippen LogP contribution in [0.5, 0.6) is 0 Å². The van der Waals surface area contributed by atoms with Gasteiger partial charge < -0.3 is 5.32 Å². The first-order chi connectivity index (χ1) is 9.19. The highest BCUT2D eigenvalue weighted by atomic mass is 32.2. The average Bonchev–Trinajstić information content (AvgIpc) is 2.41. The molecular weight excluding hydrogens is 257 g/mol. The van der Waals surface area contributed by atoms with Crippen LogP contribution >= 0.6 is 11.8 Å². The number of nitrogens with one attached hydrogen (secondary N) is 1. The molecule has 0 aromatic heterocycles. The Morgan fingerprint density at radius 1 is 1.21 bits per heavy atom. The molecule has 1 aromatic rings. The number of thioether (sulfide) groups is 1. The largest absolute Gasteiger partial charge is 0.313 e. The zero-order chi connectivity index (χ0) is 14.1. The molecule has 0 saturated carbocycles. The minimum absolute atomic E-state index is 0.107. The summed E-state index contributed by atoms with van der Waals surface area (Å²) >= 11 is 1.62. The second kappa shape index (κ2) is 9.38. The highest BCUT2D eigenvalue weighted by Gasteiger charge is 2.16. The first-order valence-electron chi connectivity index (χ1n) is 7.29. The van der Waals surface area contributed by atoms with E-state index in [9.17, 15) is 4.39 Å². The molecule has 1 aromatic carbocycles. The van der Waals surface area contributed by atoms with Gasteiger partial charge in [-0.15, -0.1) is 11.8 Å². The van der Waals surface area contributed by atoms with Crippen LogP contribution in [0.4, 0.5) is 4.39 Å². The number of halogens is 1. The molecule has 2 atom stereocenters. The van der Waals surface area contributed by atoms with Crippen molar-refractivity contribution in [2.75, 3.05) is 12.3 Å². The standard InChI is InChI=1S/C16H26FNS/c1-4-8-13(3)15(18-11-5-2)12-19-16-10-7-6-9-14(16)17/h6-7,9-10,13,15,18H,4-5,8,11-12H2,1-3H3. The molecule has 1 rings (SSSR count). The predicted octanol–water partition coefficient (Wildman–Crippen LogP) is 4.72. The van der Waals surface area contributed by atoms with E-state index in [-0.39, 0.29) is 5.82 Å². The van der Waals surface area contributed by atoms with Crippen LogP contribution in [0.2, 0.25) is 0 Å². The fourth-order valence-corrected chi connectivity index (χ4v) is 3.34. The minimum Gasteiger partial charge on any atom is -0.313 e. The second-order valence-electron chi connectivity index (χ2n) is 5.07. The highest BCUT2D eigenvalue weighted by Crippen LogP contribution is 2.24. The van der Waals surface area contributed by atoms with Crippen molar-refractivity contribution < 1.29 is 4.39 Å². The van der Waals surface area contributed by atoms with Gasteiger partial charge in [0.2, 0.25) is 0 Å². The maximum Gasteiger partial charge on any atom is 0.136 e.